The largest absolute Gasteiger partial charge is 0.355 e. The van der Waals surface area contributed by atoms with Crippen molar-refractivity contribution in [2.75, 3.05) is 5.32 Å². The van der Waals surface area contributed by atoms with Gasteiger partial charge in [0.25, 0.3) is 0 Å². The van der Waals surface area contributed by atoms with Crippen molar-refractivity contribution >= 4 is 38.8 Å². The number of allylic oxidation sites excluding steroid dienone is 4. The Morgan fingerprint density at radius 2 is 1.35 bits per heavy atom. The Balaban J connectivity index is 1.22. The van der Waals surface area contributed by atoms with Gasteiger partial charge < -0.3 is 9.88 Å². The highest BCUT2D eigenvalue weighted by molar-refractivity contribution is 6.10. The number of fused-ring (bicyclic) bond motifs is 3. The minimum absolute atomic E-state index is 0.561. The van der Waals surface area contributed by atoms with Crippen molar-refractivity contribution in [2.45, 2.75) is 20.3 Å². The highest BCUT2D eigenvalue weighted by atomic mass is 15.0. The fourth-order valence-corrected chi connectivity index (χ4v) is 6.78. The van der Waals surface area contributed by atoms with Crippen molar-refractivity contribution in [3.05, 3.63) is 169 Å². The van der Waals surface area contributed by atoms with Crippen LogP contribution in [0.4, 0.5) is 11.4 Å². The number of rotatable bonds is 6. The molecule has 1 aromatic heterocycles. The van der Waals surface area contributed by atoms with Crippen molar-refractivity contribution in [1.82, 2.24) is 4.57 Å². The molecule has 8 rings (SSSR count). The zero-order valence-corrected chi connectivity index (χ0v) is 26.2. The molecule has 0 saturated heterocycles. The fourth-order valence-electron chi connectivity index (χ4n) is 6.78. The van der Waals surface area contributed by atoms with E-state index in [9.17, 15) is 0 Å². The third kappa shape index (κ3) is 5.22. The first-order valence-corrected chi connectivity index (χ1v) is 16.2. The lowest BCUT2D eigenvalue weighted by atomic mass is 9.93. The van der Waals surface area contributed by atoms with Gasteiger partial charge in [-0.1, -0.05) is 116 Å². The number of aromatic nitrogens is 1. The van der Waals surface area contributed by atoms with E-state index < -0.39 is 0 Å². The van der Waals surface area contributed by atoms with E-state index in [1.807, 2.05) is 0 Å². The van der Waals surface area contributed by atoms with E-state index in [1.54, 1.807) is 0 Å². The molecule has 0 radical (unpaired) electrons. The molecular weight excluding hydrogens is 556 g/mol. The maximum atomic E-state index is 3.78. The Hall–Kier alpha value is -5.60. The van der Waals surface area contributed by atoms with Crippen LogP contribution >= 0.6 is 0 Å². The summed E-state index contributed by atoms with van der Waals surface area (Å²) >= 11 is 0. The normalized spacial score (nSPS) is 14.5. The number of benzene rings is 6. The summed E-state index contributed by atoms with van der Waals surface area (Å²) in [5, 5.41) is 6.29. The number of nitrogens with zero attached hydrogens (tertiary/aromatic N) is 1. The Morgan fingerprint density at radius 3 is 2.20 bits per heavy atom. The van der Waals surface area contributed by atoms with Crippen LogP contribution in [-0.2, 0) is 0 Å². The summed E-state index contributed by atoms with van der Waals surface area (Å²) in [7, 11) is 0. The van der Waals surface area contributed by atoms with E-state index in [1.165, 1.54) is 66.4 Å². The first-order chi connectivity index (χ1) is 22.6. The molecule has 46 heavy (non-hydrogen) atoms. The number of hydrogen-bond acceptors (Lipinski definition) is 1. The van der Waals surface area contributed by atoms with Crippen molar-refractivity contribution < 1.29 is 0 Å². The Bertz CT molecular complexity index is 2270. The number of para-hydroxylation sites is 2. The predicted molar refractivity (Wildman–Crippen MR) is 197 cm³/mol. The van der Waals surface area contributed by atoms with Crippen LogP contribution in [0.3, 0.4) is 0 Å². The molecule has 6 aromatic carbocycles. The zero-order chi connectivity index (χ0) is 31.0. The highest BCUT2D eigenvalue weighted by Gasteiger charge is 2.15. The lowest BCUT2D eigenvalue weighted by Gasteiger charge is -2.17. The van der Waals surface area contributed by atoms with Crippen LogP contribution in [0.5, 0.6) is 0 Å². The Morgan fingerprint density at radius 1 is 0.609 bits per heavy atom. The minimum atomic E-state index is 0.561. The molecule has 2 nitrogen and oxygen atoms in total. The summed E-state index contributed by atoms with van der Waals surface area (Å²) in [5.41, 5.74) is 14.3. The highest BCUT2D eigenvalue weighted by Crippen LogP contribution is 2.38. The van der Waals surface area contributed by atoms with Crippen molar-refractivity contribution in [2.24, 2.45) is 5.92 Å². The second-order valence-electron chi connectivity index (χ2n) is 12.5. The van der Waals surface area contributed by atoms with E-state index in [4.69, 9.17) is 0 Å². The average molecular weight is 593 g/mol. The van der Waals surface area contributed by atoms with Gasteiger partial charge in [-0.3, -0.25) is 0 Å². The molecule has 0 saturated carbocycles. The molecule has 2 heteroatoms. The molecular formula is C44H36N2. The molecule has 1 aliphatic rings. The SMILES string of the molecule is Cc1ccc(-c2cc(-c3ccc4c(c3)c3ccccc3n4-c3ccccc3)ccc2Nc2cccc(C3=CC(C)CC=C3)c2)cc1. The molecule has 1 heterocycles. The molecule has 0 amide bonds. The van der Waals surface area contributed by atoms with Gasteiger partial charge in [-0.25, -0.2) is 0 Å². The zero-order valence-electron chi connectivity index (χ0n) is 26.2. The van der Waals surface area contributed by atoms with Gasteiger partial charge in [0.15, 0.2) is 0 Å². The van der Waals surface area contributed by atoms with Gasteiger partial charge >= 0.3 is 0 Å². The summed E-state index contributed by atoms with van der Waals surface area (Å²) < 4.78 is 2.37. The maximum absolute atomic E-state index is 3.78. The molecule has 222 valence electrons. The van der Waals surface area contributed by atoms with Crippen LogP contribution < -0.4 is 5.32 Å². The van der Waals surface area contributed by atoms with Crippen LogP contribution in [0.15, 0.2) is 158 Å². The molecule has 1 atom stereocenters. The molecule has 0 bridgehead atoms. The summed E-state index contributed by atoms with van der Waals surface area (Å²) in [6.45, 7) is 4.42. The topological polar surface area (TPSA) is 17.0 Å². The van der Waals surface area contributed by atoms with Crippen molar-refractivity contribution in [3.8, 4) is 27.9 Å². The molecule has 1 N–H and O–H groups in total. The van der Waals surface area contributed by atoms with E-state index in [0.29, 0.717) is 5.92 Å². The fraction of sp³-hybridized carbons (Fsp3) is 0.0909. The summed E-state index contributed by atoms with van der Waals surface area (Å²) in [6, 6.07) is 50.7. The second-order valence-corrected chi connectivity index (χ2v) is 12.5. The van der Waals surface area contributed by atoms with E-state index >= 15 is 0 Å². The summed E-state index contributed by atoms with van der Waals surface area (Å²) in [4.78, 5) is 0. The third-order valence-corrected chi connectivity index (χ3v) is 9.15. The van der Waals surface area contributed by atoms with E-state index in [2.05, 4.69) is 181 Å². The van der Waals surface area contributed by atoms with Gasteiger partial charge in [-0.15, -0.1) is 0 Å². The smallest absolute Gasteiger partial charge is 0.0541 e. The van der Waals surface area contributed by atoms with E-state index in [-0.39, 0.29) is 0 Å². The monoisotopic (exact) mass is 592 g/mol. The van der Waals surface area contributed by atoms with Gasteiger partial charge in [0, 0.05) is 33.4 Å². The first kappa shape index (κ1) is 27.9. The minimum Gasteiger partial charge on any atom is -0.355 e. The van der Waals surface area contributed by atoms with Crippen LogP contribution in [0, 0.1) is 12.8 Å². The Kier molecular flexibility index (Phi) is 7.11. The predicted octanol–water partition coefficient (Wildman–Crippen LogP) is 12.1. The van der Waals surface area contributed by atoms with E-state index in [0.717, 1.165) is 17.8 Å². The molecule has 1 aliphatic carbocycles. The van der Waals surface area contributed by atoms with Gasteiger partial charge in [-0.05, 0) is 102 Å². The Labute approximate surface area is 271 Å². The molecule has 0 spiro atoms. The molecule has 0 aliphatic heterocycles. The van der Waals surface area contributed by atoms with Crippen LogP contribution in [0.25, 0.3) is 55.3 Å². The number of nitrogens with one attached hydrogen (secondary N) is 1. The summed E-state index contributed by atoms with van der Waals surface area (Å²) in [6.07, 6.45) is 8.01. The van der Waals surface area contributed by atoms with Crippen LogP contribution in [0.1, 0.15) is 24.5 Å². The standard InChI is InChI=1S/C44H36N2/c1-30-18-20-32(21-19-30)40-28-35(22-24-42(40)45-37-13-9-12-34(27-37)33-11-8-10-31(2)26-33)36-23-25-44-41(29-36)39-16-6-7-17-43(39)46(44)38-14-4-3-5-15-38/h3-9,11-29,31,45H,10H2,1-2H3. The average Bonchev–Trinajstić information content (AvgIpc) is 3.43. The van der Waals surface area contributed by atoms with Crippen LogP contribution in [-0.4, -0.2) is 4.57 Å². The molecule has 0 fully saturated rings. The lowest BCUT2D eigenvalue weighted by Crippen LogP contribution is -1.97. The van der Waals surface area contributed by atoms with Crippen molar-refractivity contribution in [1.29, 1.82) is 0 Å². The number of aryl methyl sites for hydroxylation is 1. The number of hydrogen-bond donors (Lipinski definition) is 1. The van der Waals surface area contributed by atoms with Crippen LogP contribution in [0.2, 0.25) is 0 Å². The lowest BCUT2D eigenvalue weighted by molar-refractivity contribution is 0.740. The molecule has 1 unspecified atom stereocenters. The quantitative estimate of drug-likeness (QED) is 0.203. The van der Waals surface area contributed by atoms with Gasteiger partial charge in [0.1, 0.15) is 0 Å². The summed E-state index contributed by atoms with van der Waals surface area (Å²) in [5.74, 6) is 0.561. The van der Waals surface area contributed by atoms with Gasteiger partial charge in [-0.2, -0.15) is 0 Å². The third-order valence-electron chi connectivity index (χ3n) is 9.15. The number of anilines is 2. The second kappa shape index (κ2) is 11.7. The maximum Gasteiger partial charge on any atom is 0.0541 e. The first-order valence-electron chi connectivity index (χ1n) is 16.2. The molecule has 7 aromatic rings. The van der Waals surface area contributed by atoms with Gasteiger partial charge in [0.05, 0.1) is 11.0 Å². The van der Waals surface area contributed by atoms with Gasteiger partial charge in [0.2, 0.25) is 0 Å². The van der Waals surface area contributed by atoms with Crippen molar-refractivity contribution in [3.63, 3.8) is 0 Å².